The van der Waals surface area contributed by atoms with Gasteiger partial charge in [-0.15, -0.1) is 0 Å². The van der Waals surface area contributed by atoms with Crippen LogP contribution in [-0.2, 0) is 14.4 Å². The Balaban J connectivity index is 3.91. The summed E-state index contributed by atoms with van der Waals surface area (Å²) in [5.41, 5.74) is 7.50. The maximum atomic E-state index is 11.9. The van der Waals surface area contributed by atoms with Gasteiger partial charge in [0.05, 0.1) is 6.42 Å². The van der Waals surface area contributed by atoms with Gasteiger partial charge in [-0.1, -0.05) is 58.3 Å². The van der Waals surface area contributed by atoms with E-state index in [1.54, 1.807) is 0 Å². The van der Waals surface area contributed by atoms with Crippen LogP contribution in [0.4, 0.5) is 0 Å². The van der Waals surface area contributed by atoms with Crippen molar-refractivity contribution in [3.8, 4) is 0 Å². The third kappa shape index (κ3) is 8.12. The monoisotopic (exact) mass is 314 g/mol. The van der Waals surface area contributed by atoms with E-state index in [1.807, 2.05) is 0 Å². The molecule has 0 bridgehead atoms. The molecule has 0 aromatic carbocycles. The first kappa shape index (κ1) is 20.6. The zero-order valence-electron chi connectivity index (χ0n) is 13.6. The normalized spacial score (nSPS) is 13.5. The summed E-state index contributed by atoms with van der Waals surface area (Å²) in [5.74, 6) is -2.87. The van der Waals surface area contributed by atoms with E-state index in [-0.39, 0.29) is 6.42 Å². The Hall–Kier alpha value is -1.43. The zero-order chi connectivity index (χ0) is 17.0. The molecule has 0 aliphatic carbocycles. The lowest BCUT2D eigenvalue weighted by atomic mass is 9.89. The molecule has 6 heteroatoms. The van der Waals surface area contributed by atoms with Gasteiger partial charge in [-0.25, -0.2) is 0 Å². The fraction of sp³-hybridized carbons (Fsp3) is 0.812. The smallest absolute Gasteiger partial charge is 0.257 e. The topological polar surface area (TPSA) is 123 Å². The molecule has 0 rings (SSSR count). The number of Topliss-reactive ketones (excluding diaryl/α,β-unsaturated/α-hetero) is 1. The summed E-state index contributed by atoms with van der Waals surface area (Å²) >= 11 is 0. The number of aliphatic hydroxyl groups is 1. The van der Waals surface area contributed by atoms with Crippen molar-refractivity contribution in [2.75, 3.05) is 0 Å². The molecule has 5 N–H and O–H groups in total. The van der Waals surface area contributed by atoms with Crippen molar-refractivity contribution in [2.24, 2.45) is 11.5 Å². The maximum absolute atomic E-state index is 11.9. The minimum atomic E-state index is -2.45. The summed E-state index contributed by atoms with van der Waals surface area (Å²) in [7, 11) is 0. The van der Waals surface area contributed by atoms with Crippen LogP contribution >= 0.6 is 0 Å². The van der Waals surface area contributed by atoms with Gasteiger partial charge in [-0.05, 0) is 6.42 Å². The van der Waals surface area contributed by atoms with Crippen LogP contribution in [0, 0.1) is 0 Å². The van der Waals surface area contributed by atoms with Crippen molar-refractivity contribution < 1.29 is 19.5 Å². The molecular formula is C16H30N2O4. The van der Waals surface area contributed by atoms with Gasteiger partial charge >= 0.3 is 0 Å². The highest BCUT2D eigenvalue weighted by Crippen LogP contribution is 2.17. The number of unbranched alkanes of at least 4 members (excludes halogenated alkanes) is 8. The van der Waals surface area contributed by atoms with Crippen molar-refractivity contribution in [1.29, 1.82) is 0 Å². The zero-order valence-corrected chi connectivity index (χ0v) is 13.6. The number of carbonyl (C=O) groups excluding carboxylic acids is 3. The molecule has 1 atom stereocenters. The van der Waals surface area contributed by atoms with E-state index >= 15 is 0 Å². The molecule has 22 heavy (non-hydrogen) atoms. The first-order chi connectivity index (χ1) is 10.3. The highest BCUT2D eigenvalue weighted by atomic mass is 16.3. The number of ketones is 1. The Morgan fingerprint density at radius 2 is 1.32 bits per heavy atom. The molecule has 0 aromatic rings. The van der Waals surface area contributed by atoms with Crippen molar-refractivity contribution in [3.05, 3.63) is 0 Å². The summed E-state index contributed by atoms with van der Waals surface area (Å²) in [6, 6.07) is 0. The molecule has 0 spiro atoms. The average molecular weight is 314 g/mol. The Morgan fingerprint density at radius 3 is 1.73 bits per heavy atom. The molecule has 0 aromatic heterocycles. The molecular weight excluding hydrogens is 284 g/mol. The second-order valence-electron chi connectivity index (χ2n) is 5.87. The van der Waals surface area contributed by atoms with Crippen LogP contribution in [0.15, 0.2) is 0 Å². The fourth-order valence-electron chi connectivity index (χ4n) is 2.38. The van der Waals surface area contributed by atoms with Gasteiger partial charge in [0.2, 0.25) is 11.5 Å². The van der Waals surface area contributed by atoms with E-state index in [2.05, 4.69) is 6.92 Å². The molecule has 0 fully saturated rings. The highest BCUT2D eigenvalue weighted by molar-refractivity contribution is 6.11. The Kier molecular flexibility index (Phi) is 10.5. The number of hydrogen-bond donors (Lipinski definition) is 3. The predicted octanol–water partition coefficient (Wildman–Crippen LogP) is 1.57. The number of nitrogens with two attached hydrogens (primary N) is 2. The van der Waals surface area contributed by atoms with Crippen LogP contribution in [0.3, 0.4) is 0 Å². The van der Waals surface area contributed by atoms with Crippen molar-refractivity contribution in [1.82, 2.24) is 0 Å². The SMILES string of the molecule is CCCCCCCCCCCC(=O)C(O)(CC(N)=O)C(N)=O. The highest BCUT2D eigenvalue weighted by Gasteiger charge is 2.42. The summed E-state index contributed by atoms with van der Waals surface area (Å²) in [6.07, 6.45) is 9.06. The molecule has 0 aliphatic heterocycles. The lowest BCUT2D eigenvalue weighted by Crippen LogP contribution is -2.52. The number of primary amides is 2. The molecule has 128 valence electrons. The average Bonchev–Trinajstić information content (AvgIpc) is 2.44. The van der Waals surface area contributed by atoms with E-state index in [9.17, 15) is 19.5 Å². The molecule has 0 heterocycles. The van der Waals surface area contributed by atoms with E-state index in [0.717, 1.165) is 19.3 Å². The van der Waals surface area contributed by atoms with Gasteiger partial charge in [0.25, 0.3) is 5.91 Å². The second-order valence-corrected chi connectivity index (χ2v) is 5.87. The van der Waals surface area contributed by atoms with E-state index < -0.39 is 29.6 Å². The first-order valence-electron chi connectivity index (χ1n) is 8.18. The quantitative estimate of drug-likeness (QED) is 0.332. The predicted molar refractivity (Wildman–Crippen MR) is 84.8 cm³/mol. The van der Waals surface area contributed by atoms with Crippen molar-refractivity contribution in [3.63, 3.8) is 0 Å². The van der Waals surface area contributed by atoms with Crippen LogP contribution in [0.1, 0.15) is 77.6 Å². The lowest BCUT2D eigenvalue weighted by molar-refractivity contribution is -0.154. The van der Waals surface area contributed by atoms with Crippen LogP contribution in [-0.4, -0.2) is 28.3 Å². The minimum absolute atomic E-state index is 0.0303. The van der Waals surface area contributed by atoms with Crippen LogP contribution in [0.25, 0.3) is 0 Å². The van der Waals surface area contributed by atoms with Gasteiger partial charge in [-0.2, -0.15) is 0 Å². The van der Waals surface area contributed by atoms with Crippen molar-refractivity contribution in [2.45, 2.75) is 83.2 Å². The number of carbonyl (C=O) groups is 3. The van der Waals surface area contributed by atoms with Gasteiger partial charge in [0, 0.05) is 6.42 Å². The molecule has 2 amide bonds. The summed E-state index contributed by atoms with van der Waals surface area (Å²) in [6.45, 7) is 2.18. The lowest BCUT2D eigenvalue weighted by Gasteiger charge is -2.21. The van der Waals surface area contributed by atoms with Gasteiger partial charge in [0.1, 0.15) is 0 Å². The van der Waals surface area contributed by atoms with Gasteiger partial charge in [-0.3, -0.25) is 14.4 Å². The second kappa shape index (κ2) is 11.2. The van der Waals surface area contributed by atoms with Crippen molar-refractivity contribution >= 4 is 17.6 Å². The van der Waals surface area contributed by atoms with E-state index in [0.29, 0.717) is 6.42 Å². The van der Waals surface area contributed by atoms with E-state index in [1.165, 1.54) is 32.1 Å². The van der Waals surface area contributed by atoms with Gasteiger partial charge in [0.15, 0.2) is 5.78 Å². The maximum Gasteiger partial charge on any atom is 0.257 e. The first-order valence-corrected chi connectivity index (χ1v) is 8.18. The number of hydrogen-bond acceptors (Lipinski definition) is 4. The fourth-order valence-corrected chi connectivity index (χ4v) is 2.38. The molecule has 0 saturated heterocycles. The molecule has 1 unspecified atom stereocenters. The Morgan fingerprint density at radius 1 is 0.864 bits per heavy atom. The molecule has 6 nitrogen and oxygen atoms in total. The minimum Gasteiger partial charge on any atom is -0.373 e. The third-order valence-corrected chi connectivity index (χ3v) is 3.81. The summed E-state index contributed by atoms with van der Waals surface area (Å²) in [4.78, 5) is 33.9. The van der Waals surface area contributed by atoms with Crippen LogP contribution < -0.4 is 11.5 Å². The summed E-state index contributed by atoms with van der Waals surface area (Å²) < 4.78 is 0. The molecule has 0 radical (unpaired) electrons. The molecule has 0 aliphatic rings. The third-order valence-electron chi connectivity index (χ3n) is 3.81. The van der Waals surface area contributed by atoms with Crippen LogP contribution in [0.5, 0.6) is 0 Å². The Labute approximate surface area is 132 Å². The Bertz CT molecular complexity index is 371. The van der Waals surface area contributed by atoms with Gasteiger partial charge < -0.3 is 16.6 Å². The standard InChI is InChI=1S/C16H30N2O4/c1-2-3-4-5-6-7-8-9-10-11-13(19)16(22,15(18)21)12-14(17)20/h22H,2-12H2,1H3,(H2,17,20)(H2,18,21). The number of rotatable bonds is 14. The van der Waals surface area contributed by atoms with Crippen LogP contribution in [0.2, 0.25) is 0 Å². The van der Waals surface area contributed by atoms with E-state index in [4.69, 9.17) is 11.5 Å². The number of amides is 2. The molecule has 0 saturated carbocycles. The summed E-state index contributed by atoms with van der Waals surface area (Å²) in [5, 5.41) is 9.93. The largest absolute Gasteiger partial charge is 0.373 e.